The van der Waals surface area contributed by atoms with E-state index in [-0.39, 0.29) is 11.9 Å². The summed E-state index contributed by atoms with van der Waals surface area (Å²) in [6.45, 7) is 14.6. The third-order valence-corrected chi connectivity index (χ3v) is 7.39. The van der Waals surface area contributed by atoms with Crippen molar-refractivity contribution < 1.29 is 4.79 Å². The molecule has 1 aliphatic carbocycles. The van der Waals surface area contributed by atoms with Gasteiger partial charge in [-0.1, -0.05) is 57.2 Å². The number of amides is 1. The van der Waals surface area contributed by atoms with Crippen molar-refractivity contribution in [1.82, 2.24) is 9.80 Å². The molecule has 2 heterocycles. The SMILES string of the molecule is C=C(/N=C1\C(=C/C)C=CC(=O)N1C1CCc2ccccc2C1)Nc1ccc(N2CCN(C)CC2)cc1.CCC. The van der Waals surface area contributed by atoms with E-state index in [0.29, 0.717) is 11.7 Å². The first kappa shape index (κ1) is 28.4. The Hall–Kier alpha value is -3.64. The lowest BCUT2D eigenvalue weighted by atomic mass is 9.86. The van der Waals surface area contributed by atoms with Crippen molar-refractivity contribution in [1.29, 1.82) is 0 Å². The molecular weight excluding hydrogens is 482 g/mol. The monoisotopic (exact) mass is 525 g/mol. The average Bonchev–Trinajstić information content (AvgIpc) is 2.94. The number of benzene rings is 2. The summed E-state index contributed by atoms with van der Waals surface area (Å²) in [5.41, 5.74) is 5.79. The summed E-state index contributed by atoms with van der Waals surface area (Å²) in [5, 5.41) is 3.33. The molecule has 3 aliphatic rings. The van der Waals surface area contributed by atoms with Crippen molar-refractivity contribution >= 4 is 23.1 Å². The molecule has 1 unspecified atom stereocenters. The summed E-state index contributed by atoms with van der Waals surface area (Å²) >= 11 is 0. The standard InChI is InChI=1S/C30H35N5O.C3H8/c1-4-23-10-16-29(36)35(28-13-9-24-7-5-6-8-25(24)21-28)30(23)32-22(2)31-26-11-14-27(15-12-26)34-19-17-33(3)18-20-34;1-3-2/h4-8,10-12,14-16,28,31H,2,9,13,17-21H2,1,3H3;3H2,1-2H3/b23-4-,32-30+;. The molecule has 0 bridgehead atoms. The van der Waals surface area contributed by atoms with E-state index in [9.17, 15) is 4.79 Å². The van der Waals surface area contributed by atoms with Gasteiger partial charge in [0.15, 0.2) is 0 Å². The minimum Gasteiger partial charge on any atom is -0.369 e. The second kappa shape index (κ2) is 13.4. The fourth-order valence-electron chi connectivity index (χ4n) is 5.30. The van der Waals surface area contributed by atoms with Crippen molar-refractivity contribution in [3.8, 4) is 0 Å². The molecule has 6 heteroatoms. The molecule has 39 heavy (non-hydrogen) atoms. The zero-order valence-electron chi connectivity index (χ0n) is 24.0. The van der Waals surface area contributed by atoms with Crippen LogP contribution in [0, 0.1) is 0 Å². The van der Waals surface area contributed by atoms with E-state index in [0.717, 1.165) is 56.7 Å². The number of piperazine rings is 1. The Morgan fingerprint density at radius 3 is 2.36 bits per heavy atom. The summed E-state index contributed by atoms with van der Waals surface area (Å²) in [5.74, 6) is 1.16. The number of likely N-dealkylation sites (N-methyl/N-ethyl adjacent to an activating group) is 1. The number of carbonyl (C=O) groups is 1. The molecule has 0 saturated carbocycles. The van der Waals surface area contributed by atoms with E-state index in [4.69, 9.17) is 4.99 Å². The van der Waals surface area contributed by atoms with Gasteiger partial charge in [-0.05, 0) is 74.7 Å². The van der Waals surface area contributed by atoms with Gasteiger partial charge in [-0.2, -0.15) is 0 Å². The number of anilines is 2. The van der Waals surface area contributed by atoms with Crippen molar-refractivity contribution in [3.63, 3.8) is 0 Å². The van der Waals surface area contributed by atoms with E-state index in [1.54, 1.807) is 6.08 Å². The second-order valence-electron chi connectivity index (χ2n) is 10.5. The molecular formula is C33H43N5O. The Bertz CT molecular complexity index is 1230. The molecule has 1 fully saturated rings. The molecule has 0 spiro atoms. The molecule has 6 nitrogen and oxygen atoms in total. The third kappa shape index (κ3) is 7.07. The number of hydrogen-bond acceptors (Lipinski definition) is 5. The number of fused-ring (bicyclic) bond motifs is 1. The molecule has 2 aliphatic heterocycles. The quantitative estimate of drug-likeness (QED) is 0.517. The highest BCUT2D eigenvalue weighted by molar-refractivity contribution is 6.16. The normalized spacial score (nSPS) is 21.4. The van der Waals surface area contributed by atoms with E-state index < -0.39 is 0 Å². The van der Waals surface area contributed by atoms with Crippen LogP contribution < -0.4 is 10.2 Å². The van der Waals surface area contributed by atoms with Crippen molar-refractivity contribution in [3.05, 3.63) is 95.9 Å². The predicted molar refractivity (Wildman–Crippen MR) is 164 cm³/mol. The minimum absolute atomic E-state index is 0.0203. The first-order chi connectivity index (χ1) is 18.9. The van der Waals surface area contributed by atoms with Crippen LogP contribution in [0.15, 0.2) is 89.7 Å². The van der Waals surface area contributed by atoms with Crippen molar-refractivity contribution in [2.75, 3.05) is 43.4 Å². The van der Waals surface area contributed by atoms with Crippen molar-refractivity contribution in [2.24, 2.45) is 4.99 Å². The van der Waals surface area contributed by atoms with Crippen LogP contribution in [0.3, 0.4) is 0 Å². The number of rotatable bonds is 5. The molecule has 0 aromatic heterocycles. The van der Waals surface area contributed by atoms with Crippen LogP contribution in [0.4, 0.5) is 11.4 Å². The molecule has 2 aromatic carbocycles. The number of hydrogen-bond donors (Lipinski definition) is 1. The Morgan fingerprint density at radius 1 is 1.03 bits per heavy atom. The molecule has 1 amide bonds. The smallest absolute Gasteiger partial charge is 0.252 e. The van der Waals surface area contributed by atoms with Crippen LogP contribution in [0.1, 0.15) is 44.7 Å². The highest BCUT2D eigenvalue weighted by atomic mass is 16.2. The van der Waals surface area contributed by atoms with Crippen LogP contribution in [0.2, 0.25) is 0 Å². The maximum Gasteiger partial charge on any atom is 0.252 e. The lowest BCUT2D eigenvalue weighted by Crippen LogP contribution is -2.48. The molecule has 2 aromatic rings. The van der Waals surface area contributed by atoms with Crippen LogP contribution in [-0.2, 0) is 17.6 Å². The topological polar surface area (TPSA) is 51.2 Å². The number of allylic oxidation sites excluding steroid dienone is 1. The number of aryl methyl sites for hydroxylation is 1. The lowest BCUT2D eigenvalue weighted by molar-refractivity contribution is -0.124. The van der Waals surface area contributed by atoms with Crippen LogP contribution >= 0.6 is 0 Å². The van der Waals surface area contributed by atoms with Gasteiger partial charge in [0.2, 0.25) is 0 Å². The first-order valence-corrected chi connectivity index (χ1v) is 14.3. The zero-order valence-corrected chi connectivity index (χ0v) is 24.0. The predicted octanol–water partition coefficient (Wildman–Crippen LogP) is 6.04. The Balaban J connectivity index is 0.00000112. The summed E-state index contributed by atoms with van der Waals surface area (Å²) in [6.07, 6.45) is 9.48. The zero-order chi connectivity index (χ0) is 27.8. The number of nitrogens with one attached hydrogen (secondary N) is 1. The molecule has 5 rings (SSSR count). The van der Waals surface area contributed by atoms with Crippen molar-refractivity contribution in [2.45, 2.75) is 52.5 Å². The van der Waals surface area contributed by atoms with Crippen LogP contribution in [0.5, 0.6) is 0 Å². The minimum atomic E-state index is -0.0203. The Kier molecular flexibility index (Phi) is 9.77. The van der Waals surface area contributed by atoms with Crippen LogP contribution in [-0.4, -0.2) is 60.8 Å². The number of aliphatic imine (C=N–C) groups is 1. The summed E-state index contributed by atoms with van der Waals surface area (Å²) in [4.78, 5) is 24.6. The summed E-state index contributed by atoms with van der Waals surface area (Å²) in [7, 11) is 2.17. The maximum absolute atomic E-state index is 13.1. The van der Waals surface area contributed by atoms with Gasteiger partial charge in [0.25, 0.3) is 5.91 Å². The van der Waals surface area contributed by atoms with Gasteiger partial charge in [0.1, 0.15) is 11.7 Å². The van der Waals surface area contributed by atoms with Gasteiger partial charge < -0.3 is 15.1 Å². The summed E-state index contributed by atoms with van der Waals surface area (Å²) < 4.78 is 0. The van der Waals surface area contributed by atoms with Gasteiger partial charge >= 0.3 is 0 Å². The Morgan fingerprint density at radius 2 is 1.69 bits per heavy atom. The molecule has 206 valence electrons. The highest BCUT2D eigenvalue weighted by Crippen LogP contribution is 2.28. The van der Waals surface area contributed by atoms with E-state index in [1.165, 1.54) is 23.2 Å². The van der Waals surface area contributed by atoms with Gasteiger partial charge in [-0.25, -0.2) is 4.99 Å². The highest BCUT2D eigenvalue weighted by Gasteiger charge is 2.33. The summed E-state index contributed by atoms with van der Waals surface area (Å²) in [6, 6.07) is 17.0. The lowest BCUT2D eigenvalue weighted by Gasteiger charge is -2.37. The molecule has 1 N–H and O–H groups in total. The van der Waals surface area contributed by atoms with Crippen LogP contribution in [0.25, 0.3) is 0 Å². The first-order valence-electron chi connectivity index (χ1n) is 14.3. The maximum atomic E-state index is 13.1. The fraction of sp³-hybridized carbons (Fsp3) is 0.394. The van der Waals surface area contributed by atoms with Gasteiger partial charge in [-0.3, -0.25) is 9.69 Å². The molecule has 0 radical (unpaired) electrons. The van der Waals surface area contributed by atoms with E-state index in [1.807, 2.05) is 24.0 Å². The average molecular weight is 526 g/mol. The number of nitrogens with zero attached hydrogens (tertiary/aromatic N) is 4. The van der Waals surface area contributed by atoms with Gasteiger partial charge in [-0.15, -0.1) is 0 Å². The molecule has 1 atom stereocenters. The third-order valence-electron chi connectivity index (χ3n) is 7.39. The fourth-order valence-corrected chi connectivity index (χ4v) is 5.30. The number of amidine groups is 1. The van der Waals surface area contributed by atoms with Gasteiger partial charge in [0.05, 0.1) is 0 Å². The van der Waals surface area contributed by atoms with E-state index >= 15 is 0 Å². The Labute approximate surface area is 234 Å². The largest absolute Gasteiger partial charge is 0.369 e. The molecule has 1 saturated heterocycles. The van der Waals surface area contributed by atoms with Gasteiger partial charge in [0, 0.05) is 55.2 Å². The number of carbonyl (C=O) groups excluding carboxylic acids is 1. The second-order valence-corrected chi connectivity index (χ2v) is 10.5. The van der Waals surface area contributed by atoms with E-state index in [2.05, 4.69) is 91.1 Å².